The van der Waals surface area contributed by atoms with Crippen LogP contribution >= 0.6 is 11.3 Å². The fraction of sp³-hybridized carbons (Fsp3) is 0.200. The van der Waals surface area contributed by atoms with Crippen molar-refractivity contribution in [2.45, 2.75) is 6.92 Å². The van der Waals surface area contributed by atoms with Gasteiger partial charge in [0, 0.05) is 0 Å². The van der Waals surface area contributed by atoms with Crippen molar-refractivity contribution in [1.82, 2.24) is 4.98 Å². The van der Waals surface area contributed by atoms with Crippen LogP contribution in [0.15, 0.2) is 12.1 Å². The molecule has 0 bridgehead atoms. The van der Waals surface area contributed by atoms with Crippen LogP contribution in [-0.2, 0) is 0 Å². The number of carboxylic acids is 1. The zero-order valence-electron chi connectivity index (χ0n) is 8.27. The van der Waals surface area contributed by atoms with Crippen LogP contribution in [0.1, 0.15) is 15.4 Å². The molecule has 2 rings (SSSR count). The van der Waals surface area contributed by atoms with Crippen LogP contribution in [0.3, 0.4) is 0 Å². The molecule has 0 fully saturated rings. The van der Waals surface area contributed by atoms with E-state index in [0.29, 0.717) is 11.3 Å². The Morgan fingerprint density at radius 3 is 2.87 bits per heavy atom. The lowest BCUT2D eigenvalue weighted by atomic mass is 10.2. The van der Waals surface area contributed by atoms with Gasteiger partial charge in [0.1, 0.15) is 5.75 Å². The largest absolute Gasteiger partial charge is 0.497 e. The minimum atomic E-state index is -0.982. The van der Waals surface area contributed by atoms with E-state index in [2.05, 4.69) is 4.98 Å². The third kappa shape index (κ3) is 1.66. The summed E-state index contributed by atoms with van der Waals surface area (Å²) in [7, 11) is 1.51. The summed E-state index contributed by atoms with van der Waals surface area (Å²) in [6, 6.07) is 3.29. The van der Waals surface area contributed by atoms with E-state index in [4.69, 9.17) is 9.84 Å². The van der Waals surface area contributed by atoms with Gasteiger partial charge in [-0.2, -0.15) is 0 Å². The summed E-state index contributed by atoms with van der Waals surface area (Å²) >= 11 is 1.46. The third-order valence-corrected chi connectivity index (χ3v) is 2.96. The van der Waals surface area contributed by atoms with E-state index < -0.39 is 5.97 Å². The van der Waals surface area contributed by atoms with E-state index in [0.717, 1.165) is 9.71 Å². The molecule has 1 heterocycles. The monoisotopic (exact) mass is 223 g/mol. The molecule has 1 N–H and O–H groups in total. The summed E-state index contributed by atoms with van der Waals surface area (Å²) in [6.07, 6.45) is 0. The number of nitrogens with zero attached hydrogens (tertiary/aromatic N) is 1. The number of aromatic carboxylic acids is 1. The van der Waals surface area contributed by atoms with Gasteiger partial charge in [0.15, 0.2) is 0 Å². The number of rotatable bonds is 2. The van der Waals surface area contributed by atoms with Gasteiger partial charge in [0.25, 0.3) is 0 Å². The Morgan fingerprint density at radius 1 is 1.53 bits per heavy atom. The van der Waals surface area contributed by atoms with Gasteiger partial charge >= 0.3 is 5.97 Å². The molecule has 0 saturated carbocycles. The summed E-state index contributed by atoms with van der Waals surface area (Å²) < 4.78 is 5.88. The molecule has 0 amide bonds. The molecule has 5 heteroatoms. The first kappa shape index (κ1) is 9.92. The third-order valence-electron chi connectivity index (χ3n) is 2.04. The first-order valence-corrected chi connectivity index (χ1v) is 5.12. The van der Waals surface area contributed by atoms with Crippen molar-refractivity contribution in [3.63, 3.8) is 0 Å². The van der Waals surface area contributed by atoms with Crippen molar-refractivity contribution in [1.29, 1.82) is 0 Å². The molecular formula is C10H9NO3S. The van der Waals surface area contributed by atoms with Crippen molar-refractivity contribution >= 4 is 27.5 Å². The number of aryl methyl sites for hydroxylation is 1. The Balaban J connectivity index is 2.79. The number of hydrogen-bond donors (Lipinski definition) is 1. The molecule has 0 aliphatic rings. The maximum Gasteiger partial charge on any atom is 0.338 e. The van der Waals surface area contributed by atoms with Gasteiger partial charge in [-0.15, -0.1) is 11.3 Å². The van der Waals surface area contributed by atoms with Crippen LogP contribution in [0.25, 0.3) is 10.2 Å². The quantitative estimate of drug-likeness (QED) is 0.848. The van der Waals surface area contributed by atoms with Gasteiger partial charge < -0.3 is 9.84 Å². The molecule has 0 unspecified atom stereocenters. The van der Waals surface area contributed by atoms with Crippen molar-refractivity contribution in [3.05, 3.63) is 22.7 Å². The molecule has 1 aromatic heterocycles. The van der Waals surface area contributed by atoms with Gasteiger partial charge in [-0.05, 0) is 19.1 Å². The topological polar surface area (TPSA) is 59.4 Å². The number of carboxylic acid groups (broad SMARTS) is 1. The van der Waals surface area contributed by atoms with Crippen LogP contribution in [0.4, 0.5) is 0 Å². The molecule has 0 radical (unpaired) electrons. The molecule has 0 aliphatic carbocycles. The highest BCUT2D eigenvalue weighted by atomic mass is 32.1. The Hall–Kier alpha value is -1.62. The zero-order valence-corrected chi connectivity index (χ0v) is 9.09. The van der Waals surface area contributed by atoms with E-state index in [1.807, 2.05) is 6.92 Å². The highest BCUT2D eigenvalue weighted by Crippen LogP contribution is 2.29. The van der Waals surface area contributed by atoms with Crippen molar-refractivity contribution in [2.75, 3.05) is 7.11 Å². The van der Waals surface area contributed by atoms with Crippen LogP contribution in [0, 0.1) is 6.92 Å². The lowest BCUT2D eigenvalue weighted by Gasteiger charge is -2.01. The average molecular weight is 223 g/mol. The average Bonchev–Trinajstić information content (AvgIpc) is 2.55. The normalized spacial score (nSPS) is 10.5. The van der Waals surface area contributed by atoms with Crippen molar-refractivity contribution < 1.29 is 14.6 Å². The lowest BCUT2D eigenvalue weighted by Crippen LogP contribution is -1.98. The summed E-state index contributed by atoms with van der Waals surface area (Å²) in [5, 5.41) is 9.87. The van der Waals surface area contributed by atoms with Crippen LogP contribution in [0.5, 0.6) is 5.75 Å². The van der Waals surface area contributed by atoms with E-state index in [9.17, 15) is 4.79 Å². The predicted octanol–water partition coefficient (Wildman–Crippen LogP) is 2.31. The number of carbonyl (C=O) groups is 1. The summed E-state index contributed by atoms with van der Waals surface area (Å²) in [5.41, 5.74) is 0.722. The fourth-order valence-electron chi connectivity index (χ4n) is 1.40. The number of thiazole rings is 1. The smallest absolute Gasteiger partial charge is 0.338 e. The lowest BCUT2D eigenvalue weighted by molar-refractivity contribution is 0.0698. The van der Waals surface area contributed by atoms with Gasteiger partial charge in [0.2, 0.25) is 0 Å². The second-order valence-corrected chi connectivity index (χ2v) is 4.29. The second kappa shape index (κ2) is 3.51. The van der Waals surface area contributed by atoms with Crippen molar-refractivity contribution in [2.24, 2.45) is 0 Å². The highest BCUT2D eigenvalue weighted by Gasteiger charge is 2.14. The summed E-state index contributed by atoms with van der Waals surface area (Å²) in [6.45, 7) is 1.85. The Morgan fingerprint density at radius 2 is 2.27 bits per heavy atom. The maximum absolute atomic E-state index is 11.0. The maximum atomic E-state index is 11.0. The predicted molar refractivity (Wildman–Crippen MR) is 57.9 cm³/mol. The van der Waals surface area contributed by atoms with E-state index in [-0.39, 0.29) is 5.56 Å². The highest BCUT2D eigenvalue weighted by molar-refractivity contribution is 7.18. The Kier molecular flexibility index (Phi) is 2.32. The minimum Gasteiger partial charge on any atom is -0.497 e. The molecule has 0 saturated heterocycles. The first-order chi connectivity index (χ1) is 7.11. The van der Waals surface area contributed by atoms with E-state index in [1.54, 1.807) is 6.07 Å². The number of hydrogen-bond acceptors (Lipinski definition) is 4. The fourth-order valence-corrected chi connectivity index (χ4v) is 2.28. The van der Waals surface area contributed by atoms with Gasteiger partial charge in [-0.1, -0.05) is 0 Å². The molecule has 15 heavy (non-hydrogen) atoms. The van der Waals surface area contributed by atoms with Gasteiger partial charge in [0.05, 0.1) is 27.9 Å². The number of benzene rings is 1. The summed E-state index contributed by atoms with van der Waals surface area (Å²) in [5.74, 6) is -0.437. The molecule has 2 aromatic rings. The van der Waals surface area contributed by atoms with Crippen molar-refractivity contribution in [3.8, 4) is 5.75 Å². The number of fused-ring (bicyclic) bond motifs is 1. The van der Waals surface area contributed by atoms with Gasteiger partial charge in [-0.25, -0.2) is 9.78 Å². The minimum absolute atomic E-state index is 0.189. The molecule has 1 aromatic carbocycles. The summed E-state index contributed by atoms with van der Waals surface area (Å²) in [4.78, 5) is 15.2. The Bertz CT molecular complexity index is 533. The molecule has 0 atom stereocenters. The second-order valence-electron chi connectivity index (χ2n) is 3.06. The van der Waals surface area contributed by atoms with E-state index in [1.165, 1.54) is 24.5 Å². The molecular weight excluding hydrogens is 214 g/mol. The standard InChI is InChI=1S/C10H9NO3S/c1-5-11-9-7(10(12)13)3-6(14-2)4-8(9)15-5/h3-4H,1-2H3,(H,12,13). The van der Waals surface area contributed by atoms with Gasteiger partial charge in [-0.3, -0.25) is 0 Å². The molecule has 0 spiro atoms. The van der Waals surface area contributed by atoms with Crippen LogP contribution < -0.4 is 4.74 Å². The van der Waals surface area contributed by atoms with Crippen LogP contribution in [-0.4, -0.2) is 23.2 Å². The number of ether oxygens (including phenoxy) is 1. The number of aromatic nitrogens is 1. The SMILES string of the molecule is COc1cc(C(=O)O)c2nc(C)sc2c1. The molecule has 4 nitrogen and oxygen atoms in total. The Labute approximate surface area is 90.1 Å². The zero-order chi connectivity index (χ0) is 11.0. The molecule has 0 aliphatic heterocycles. The van der Waals surface area contributed by atoms with E-state index >= 15 is 0 Å². The first-order valence-electron chi connectivity index (χ1n) is 4.30. The van der Waals surface area contributed by atoms with Crippen LogP contribution in [0.2, 0.25) is 0 Å². The molecule has 78 valence electrons. The number of methoxy groups -OCH3 is 1.